The quantitative estimate of drug-likeness (QED) is 0.808. The zero-order chi connectivity index (χ0) is 18.5. The minimum Gasteiger partial charge on any atom is -0.384 e. The Labute approximate surface area is 157 Å². The second-order valence-electron chi connectivity index (χ2n) is 8.19. The Morgan fingerprint density at radius 2 is 2.00 bits per heavy atom. The molecule has 2 saturated heterocycles. The Bertz CT molecular complexity index is 577. The monoisotopic (exact) mass is 359 g/mol. The Balaban J connectivity index is 1.58. The molecule has 0 N–H and O–H groups in total. The van der Waals surface area contributed by atoms with E-state index in [1.54, 1.807) is 13.3 Å². The molecule has 0 saturated carbocycles. The third-order valence-electron chi connectivity index (χ3n) is 6.01. The summed E-state index contributed by atoms with van der Waals surface area (Å²) >= 11 is 0. The van der Waals surface area contributed by atoms with Gasteiger partial charge in [0.05, 0.1) is 12.2 Å². The molecule has 5 nitrogen and oxygen atoms in total. The van der Waals surface area contributed by atoms with Crippen LogP contribution in [0, 0.1) is 17.8 Å². The van der Waals surface area contributed by atoms with E-state index in [0.29, 0.717) is 11.5 Å². The number of likely N-dealkylation sites (tertiary alicyclic amines) is 1. The largest absolute Gasteiger partial charge is 0.384 e. The molecule has 2 fully saturated rings. The van der Waals surface area contributed by atoms with Gasteiger partial charge < -0.3 is 14.5 Å². The summed E-state index contributed by atoms with van der Waals surface area (Å²) in [5, 5.41) is 0. The number of nitrogens with zero attached hydrogens (tertiary/aromatic N) is 3. The first kappa shape index (κ1) is 19.2. The van der Waals surface area contributed by atoms with Gasteiger partial charge >= 0.3 is 0 Å². The maximum atomic E-state index is 12.8. The van der Waals surface area contributed by atoms with Crippen LogP contribution in [0.3, 0.4) is 0 Å². The van der Waals surface area contributed by atoms with E-state index in [0.717, 1.165) is 63.3 Å². The average Bonchev–Trinajstić information content (AvgIpc) is 2.68. The van der Waals surface area contributed by atoms with E-state index in [1.807, 2.05) is 17.0 Å². The van der Waals surface area contributed by atoms with Gasteiger partial charge in [-0.2, -0.15) is 0 Å². The topological polar surface area (TPSA) is 45.7 Å². The molecule has 0 radical (unpaired) electrons. The normalized spacial score (nSPS) is 22.1. The Kier molecular flexibility index (Phi) is 6.52. The van der Waals surface area contributed by atoms with E-state index >= 15 is 0 Å². The summed E-state index contributed by atoms with van der Waals surface area (Å²) in [5.41, 5.74) is 0.698. The lowest BCUT2D eigenvalue weighted by Gasteiger charge is -2.35. The Morgan fingerprint density at radius 1 is 1.23 bits per heavy atom. The molecule has 1 aromatic heterocycles. The van der Waals surface area contributed by atoms with Crippen LogP contribution in [-0.2, 0) is 4.74 Å². The van der Waals surface area contributed by atoms with Crippen molar-refractivity contribution in [2.24, 2.45) is 17.8 Å². The number of carbonyl (C=O) groups excluding carboxylic acids is 1. The first-order valence-electron chi connectivity index (χ1n) is 10.1. The van der Waals surface area contributed by atoms with Gasteiger partial charge in [-0.15, -0.1) is 0 Å². The van der Waals surface area contributed by atoms with Crippen LogP contribution in [0.1, 0.15) is 49.9 Å². The number of amides is 1. The van der Waals surface area contributed by atoms with Gasteiger partial charge in [0.25, 0.3) is 5.91 Å². The number of piperidine rings is 2. The third-order valence-corrected chi connectivity index (χ3v) is 6.01. The van der Waals surface area contributed by atoms with Crippen molar-refractivity contribution in [3.63, 3.8) is 0 Å². The van der Waals surface area contributed by atoms with Crippen LogP contribution in [-0.4, -0.2) is 55.7 Å². The van der Waals surface area contributed by atoms with Crippen LogP contribution < -0.4 is 4.90 Å². The molecule has 5 heteroatoms. The van der Waals surface area contributed by atoms with E-state index in [9.17, 15) is 4.79 Å². The number of methoxy groups -OCH3 is 1. The molecule has 1 amide bonds. The zero-order valence-electron chi connectivity index (χ0n) is 16.5. The van der Waals surface area contributed by atoms with Crippen molar-refractivity contribution in [2.75, 3.05) is 44.8 Å². The van der Waals surface area contributed by atoms with Crippen LogP contribution in [0.2, 0.25) is 0 Å². The highest BCUT2D eigenvalue weighted by Gasteiger charge is 2.25. The zero-order valence-corrected chi connectivity index (χ0v) is 16.5. The number of carbonyl (C=O) groups is 1. The number of hydrogen-bond donors (Lipinski definition) is 0. The second kappa shape index (κ2) is 8.85. The maximum Gasteiger partial charge on any atom is 0.255 e. The third kappa shape index (κ3) is 4.56. The van der Waals surface area contributed by atoms with E-state index in [-0.39, 0.29) is 5.91 Å². The average molecular weight is 360 g/mol. The fourth-order valence-corrected chi connectivity index (χ4v) is 4.30. The number of anilines is 1. The van der Waals surface area contributed by atoms with Crippen LogP contribution in [0.5, 0.6) is 0 Å². The van der Waals surface area contributed by atoms with E-state index in [2.05, 4.69) is 23.7 Å². The van der Waals surface area contributed by atoms with Crippen molar-refractivity contribution in [2.45, 2.75) is 39.5 Å². The molecule has 0 bridgehead atoms. The molecule has 1 atom stereocenters. The molecule has 0 aliphatic carbocycles. The number of ether oxygens (including phenoxy) is 1. The van der Waals surface area contributed by atoms with Crippen molar-refractivity contribution in [3.8, 4) is 0 Å². The van der Waals surface area contributed by atoms with Gasteiger partial charge in [-0.25, -0.2) is 4.98 Å². The van der Waals surface area contributed by atoms with Crippen molar-refractivity contribution < 1.29 is 9.53 Å². The Morgan fingerprint density at radius 3 is 2.62 bits per heavy atom. The molecule has 2 aliphatic rings. The maximum absolute atomic E-state index is 12.8. The lowest BCUT2D eigenvalue weighted by Crippen LogP contribution is -2.41. The van der Waals surface area contributed by atoms with Crippen LogP contribution >= 0.6 is 0 Å². The summed E-state index contributed by atoms with van der Waals surface area (Å²) in [7, 11) is 1.73. The molecular formula is C21H33N3O2. The minimum atomic E-state index is 0.100. The molecule has 26 heavy (non-hydrogen) atoms. The standard InChI is InChI=1S/C21H33N3O2/c1-16(2)18-8-11-23(12-9-18)20-7-6-19(13-22-20)21(25)24-10-4-5-17(14-24)15-26-3/h6-7,13,16-18H,4-5,8-12,14-15H2,1-3H3. The number of pyridine rings is 1. The fourth-order valence-electron chi connectivity index (χ4n) is 4.30. The van der Waals surface area contributed by atoms with E-state index in [1.165, 1.54) is 12.8 Å². The number of rotatable bonds is 5. The molecule has 0 spiro atoms. The molecule has 3 heterocycles. The lowest BCUT2D eigenvalue weighted by molar-refractivity contribution is 0.0570. The van der Waals surface area contributed by atoms with Crippen molar-refractivity contribution in [3.05, 3.63) is 23.9 Å². The van der Waals surface area contributed by atoms with Crippen molar-refractivity contribution >= 4 is 11.7 Å². The second-order valence-corrected chi connectivity index (χ2v) is 8.19. The summed E-state index contributed by atoms with van der Waals surface area (Å²) in [6.07, 6.45) is 6.41. The molecule has 0 aromatic carbocycles. The van der Waals surface area contributed by atoms with Crippen molar-refractivity contribution in [1.82, 2.24) is 9.88 Å². The fraction of sp³-hybridized carbons (Fsp3) is 0.714. The number of hydrogen-bond acceptors (Lipinski definition) is 4. The van der Waals surface area contributed by atoms with E-state index in [4.69, 9.17) is 4.74 Å². The molecule has 144 valence electrons. The highest BCUT2D eigenvalue weighted by atomic mass is 16.5. The SMILES string of the molecule is COCC1CCCN(C(=O)c2ccc(N3CCC(C(C)C)CC3)nc2)C1. The van der Waals surface area contributed by atoms with Crippen LogP contribution in [0.25, 0.3) is 0 Å². The van der Waals surface area contributed by atoms with Crippen molar-refractivity contribution in [1.29, 1.82) is 0 Å². The predicted octanol–water partition coefficient (Wildman–Crippen LogP) is 3.45. The number of aromatic nitrogens is 1. The van der Waals surface area contributed by atoms with Gasteiger partial charge in [-0.1, -0.05) is 13.8 Å². The smallest absolute Gasteiger partial charge is 0.255 e. The summed E-state index contributed by atoms with van der Waals surface area (Å²) in [5.74, 6) is 3.14. The molecular weight excluding hydrogens is 326 g/mol. The van der Waals surface area contributed by atoms with Crippen LogP contribution in [0.4, 0.5) is 5.82 Å². The molecule has 1 aromatic rings. The Hall–Kier alpha value is -1.62. The first-order valence-corrected chi connectivity index (χ1v) is 10.1. The van der Waals surface area contributed by atoms with E-state index < -0.39 is 0 Å². The van der Waals surface area contributed by atoms with Gasteiger partial charge in [0.1, 0.15) is 5.82 Å². The van der Waals surface area contributed by atoms with Gasteiger partial charge in [0.15, 0.2) is 0 Å². The highest BCUT2D eigenvalue weighted by molar-refractivity contribution is 5.94. The minimum absolute atomic E-state index is 0.100. The molecule has 3 rings (SSSR count). The van der Waals surface area contributed by atoms with Gasteiger partial charge in [0, 0.05) is 39.5 Å². The summed E-state index contributed by atoms with van der Waals surface area (Å²) in [6, 6.07) is 3.96. The first-order chi connectivity index (χ1) is 12.6. The summed E-state index contributed by atoms with van der Waals surface area (Å²) in [6.45, 7) is 9.11. The molecule has 2 aliphatic heterocycles. The summed E-state index contributed by atoms with van der Waals surface area (Å²) < 4.78 is 5.26. The lowest BCUT2D eigenvalue weighted by atomic mass is 9.87. The van der Waals surface area contributed by atoms with Gasteiger partial charge in [-0.3, -0.25) is 4.79 Å². The van der Waals surface area contributed by atoms with Crippen LogP contribution in [0.15, 0.2) is 18.3 Å². The highest BCUT2D eigenvalue weighted by Crippen LogP contribution is 2.27. The molecule has 1 unspecified atom stereocenters. The predicted molar refractivity (Wildman–Crippen MR) is 105 cm³/mol. The van der Waals surface area contributed by atoms with Gasteiger partial charge in [0.2, 0.25) is 0 Å². The van der Waals surface area contributed by atoms with Gasteiger partial charge in [-0.05, 0) is 55.6 Å². The summed E-state index contributed by atoms with van der Waals surface area (Å²) in [4.78, 5) is 21.7.